The van der Waals surface area contributed by atoms with Crippen molar-refractivity contribution in [2.24, 2.45) is 0 Å². The molecule has 1 unspecified atom stereocenters. The number of hydrogen-bond donors (Lipinski definition) is 1. The van der Waals surface area contributed by atoms with E-state index in [-0.39, 0.29) is 11.9 Å². The molecule has 3 rings (SSSR count). The molecule has 0 bridgehead atoms. The van der Waals surface area contributed by atoms with Crippen LogP contribution < -0.4 is 5.32 Å². The van der Waals surface area contributed by atoms with Crippen molar-refractivity contribution in [3.05, 3.63) is 35.9 Å². The average molecular weight is 329 g/mol. The van der Waals surface area contributed by atoms with Crippen molar-refractivity contribution < 1.29 is 4.79 Å². The highest BCUT2D eigenvalue weighted by atomic mass is 16.2. The zero-order valence-electron chi connectivity index (χ0n) is 14.8. The molecule has 4 nitrogen and oxygen atoms in total. The molecule has 2 aliphatic heterocycles. The number of carbonyl (C=O) groups is 1. The predicted molar refractivity (Wildman–Crippen MR) is 97.8 cm³/mol. The Morgan fingerprint density at radius 2 is 1.83 bits per heavy atom. The van der Waals surface area contributed by atoms with E-state index < -0.39 is 0 Å². The van der Waals surface area contributed by atoms with Crippen LogP contribution >= 0.6 is 0 Å². The second-order valence-corrected chi connectivity index (χ2v) is 7.16. The van der Waals surface area contributed by atoms with E-state index in [0.29, 0.717) is 0 Å². The molecule has 0 radical (unpaired) electrons. The van der Waals surface area contributed by atoms with Crippen molar-refractivity contribution in [1.82, 2.24) is 15.1 Å². The summed E-state index contributed by atoms with van der Waals surface area (Å²) in [4.78, 5) is 17.4. The molecule has 24 heavy (non-hydrogen) atoms. The Morgan fingerprint density at radius 3 is 2.62 bits per heavy atom. The number of nitrogens with one attached hydrogen (secondary N) is 1. The first kappa shape index (κ1) is 17.4. The average Bonchev–Trinajstić information content (AvgIpc) is 3.08. The molecule has 4 heteroatoms. The quantitative estimate of drug-likeness (QED) is 0.781. The highest BCUT2D eigenvalue weighted by molar-refractivity contribution is 5.82. The topological polar surface area (TPSA) is 35.6 Å². The molecule has 2 fully saturated rings. The van der Waals surface area contributed by atoms with E-state index in [1.807, 2.05) is 6.07 Å². The van der Waals surface area contributed by atoms with E-state index in [4.69, 9.17) is 0 Å². The predicted octanol–water partition coefficient (Wildman–Crippen LogP) is 2.64. The smallest absolute Gasteiger partial charge is 0.237 e. The molecule has 1 aromatic carbocycles. The molecular weight excluding hydrogens is 298 g/mol. The van der Waals surface area contributed by atoms with E-state index in [1.165, 1.54) is 37.9 Å². The summed E-state index contributed by atoms with van der Waals surface area (Å²) in [7, 11) is 0. The number of amides is 1. The maximum absolute atomic E-state index is 12.5. The van der Waals surface area contributed by atoms with Gasteiger partial charge in [0.05, 0.1) is 6.04 Å². The number of benzene rings is 1. The number of carbonyl (C=O) groups excluding carboxylic acids is 1. The van der Waals surface area contributed by atoms with Crippen molar-refractivity contribution in [3.63, 3.8) is 0 Å². The molecule has 2 saturated heterocycles. The second-order valence-electron chi connectivity index (χ2n) is 7.16. The van der Waals surface area contributed by atoms with Crippen LogP contribution in [0.2, 0.25) is 0 Å². The van der Waals surface area contributed by atoms with Gasteiger partial charge in [-0.25, -0.2) is 0 Å². The van der Waals surface area contributed by atoms with E-state index in [0.717, 1.165) is 45.4 Å². The molecule has 0 aliphatic carbocycles. The lowest BCUT2D eigenvalue weighted by Gasteiger charge is -2.27. The minimum absolute atomic E-state index is 0.0557. The molecule has 2 heterocycles. The Bertz CT molecular complexity index is 499. The van der Waals surface area contributed by atoms with Gasteiger partial charge in [-0.15, -0.1) is 0 Å². The van der Waals surface area contributed by atoms with Gasteiger partial charge in [-0.1, -0.05) is 36.8 Å². The summed E-state index contributed by atoms with van der Waals surface area (Å²) < 4.78 is 0. The van der Waals surface area contributed by atoms with E-state index in [2.05, 4.69) is 39.4 Å². The molecule has 132 valence electrons. The summed E-state index contributed by atoms with van der Waals surface area (Å²) in [5.41, 5.74) is 1.29. The summed E-state index contributed by atoms with van der Waals surface area (Å²) in [5.74, 6) is 0.224. The highest BCUT2D eigenvalue weighted by Crippen LogP contribution is 2.20. The van der Waals surface area contributed by atoms with Gasteiger partial charge in [0.25, 0.3) is 0 Å². The monoisotopic (exact) mass is 329 g/mol. The Kier molecular flexibility index (Phi) is 6.67. The van der Waals surface area contributed by atoms with Crippen LogP contribution in [-0.4, -0.2) is 54.5 Å². The van der Waals surface area contributed by atoms with Crippen molar-refractivity contribution in [1.29, 1.82) is 0 Å². The first-order valence-electron chi connectivity index (χ1n) is 9.61. The lowest BCUT2D eigenvalue weighted by atomic mass is 10.1. The van der Waals surface area contributed by atoms with Crippen molar-refractivity contribution in [3.8, 4) is 0 Å². The third kappa shape index (κ3) is 5.05. The van der Waals surface area contributed by atoms with Crippen LogP contribution in [0.3, 0.4) is 0 Å². The maximum atomic E-state index is 12.5. The van der Waals surface area contributed by atoms with Gasteiger partial charge in [0.15, 0.2) is 0 Å². The van der Waals surface area contributed by atoms with Crippen LogP contribution in [0, 0.1) is 0 Å². The van der Waals surface area contributed by atoms with Crippen LogP contribution in [0.4, 0.5) is 0 Å². The molecule has 0 saturated carbocycles. The fraction of sp³-hybridized carbons (Fsp3) is 0.650. The van der Waals surface area contributed by atoms with Crippen molar-refractivity contribution in [2.75, 3.05) is 32.7 Å². The second kappa shape index (κ2) is 9.19. The van der Waals surface area contributed by atoms with Gasteiger partial charge in [-0.3, -0.25) is 9.69 Å². The Balaban J connectivity index is 1.38. The minimum atomic E-state index is 0.0557. The SMILES string of the molecule is O=C(NCCCN1CCCCC1)C1CCCN1Cc1ccccc1. The number of hydrogen-bond acceptors (Lipinski definition) is 3. The summed E-state index contributed by atoms with van der Waals surface area (Å²) in [5, 5.41) is 3.17. The minimum Gasteiger partial charge on any atom is -0.355 e. The van der Waals surface area contributed by atoms with E-state index in [1.54, 1.807) is 0 Å². The summed E-state index contributed by atoms with van der Waals surface area (Å²) >= 11 is 0. The molecule has 2 aliphatic rings. The lowest BCUT2D eigenvalue weighted by molar-refractivity contribution is -0.125. The van der Waals surface area contributed by atoms with Gasteiger partial charge in [0, 0.05) is 13.1 Å². The van der Waals surface area contributed by atoms with Gasteiger partial charge in [0.1, 0.15) is 0 Å². The van der Waals surface area contributed by atoms with Gasteiger partial charge < -0.3 is 10.2 Å². The maximum Gasteiger partial charge on any atom is 0.237 e. The number of piperidine rings is 1. The largest absolute Gasteiger partial charge is 0.355 e. The molecule has 1 aromatic rings. The van der Waals surface area contributed by atoms with Crippen LogP contribution in [0.1, 0.15) is 44.1 Å². The number of likely N-dealkylation sites (tertiary alicyclic amines) is 2. The third-order valence-electron chi connectivity index (χ3n) is 5.29. The standard InChI is InChI=1S/C20H31N3O/c24-20(21-12-8-15-22-13-5-2-6-14-22)19-11-7-16-23(19)17-18-9-3-1-4-10-18/h1,3-4,9-10,19H,2,5-8,11-17H2,(H,21,24). The third-order valence-corrected chi connectivity index (χ3v) is 5.29. The summed E-state index contributed by atoms with van der Waals surface area (Å²) in [6, 6.07) is 10.5. The fourth-order valence-electron chi connectivity index (χ4n) is 3.95. The van der Waals surface area contributed by atoms with Crippen LogP contribution in [0.25, 0.3) is 0 Å². The number of rotatable bonds is 7. The van der Waals surface area contributed by atoms with Crippen LogP contribution in [0.15, 0.2) is 30.3 Å². The highest BCUT2D eigenvalue weighted by Gasteiger charge is 2.30. The van der Waals surface area contributed by atoms with Gasteiger partial charge in [-0.2, -0.15) is 0 Å². The van der Waals surface area contributed by atoms with E-state index >= 15 is 0 Å². The van der Waals surface area contributed by atoms with Crippen molar-refractivity contribution in [2.45, 2.75) is 51.1 Å². The Hall–Kier alpha value is -1.39. The normalized spacial score (nSPS) is 22.6. The zero-order valence-corrected chi connectivity index (χ0v) is 14.8. The van der Waals surface area contributed by atoms with Crippen molar-refractivity contribution >= 4 is 5.91 Å². The van der Waals surface area contributed by atoms with Gasteiger partial charge in [-0.05, 0) is 63.8 Å². The molecule has 1 atom stereocenters. The first-order valence-corrected chi connectivity index (χ1v) is 9.61. The first-order chi connectivity index (χ1) is 11.8. The fourth-order valence-corrected chi connectivity index (χ4v) is 3.95. The van der Waals surface area contributed by atoms with Gasteiger partial charge in [0.2, 0.25) is 5.91 Å². The molecule has 1 N–H and O–H groups in total. The lowest BCUT2D eigenvalue weighted by Crippen LogP contribution is -2.43. The summed E-state index contributed by atoms with van der Waals surface area (Å²) in [6.45, 7) is 6.32. The zero-order chi connectivity index (χ0) is 16.6. The molecule has 1 amide bonds. The molecule has 0 spiro atoms. The Labute approximate surface area is 146 Å². The summed E-state index contributed by atoms with van der Waals surface area (Å²) in [6.07, 6.45) is 7.23. The van der Waals surface area contributed by atoms with Crippen LogP contribution in [0.5, 0.6) is 0 Å². The van der Waals surface area contributed by atoms with Gasteiger partial charge >= 0.3 is 0 Å². The Morgan fingerprint density at radius 1 is 1.04 bits per heavy atom. The number of nitrogens with zero attached hydrogens (tertiary/aromatic N) is 2. The molecular formula is C20H31N3O. The molecule has 0 aromatic heterocycles. The van der Waals surface area contributed by atoms with Crippen LogP contribution in [-0.2, 0) is 11.3 Å². The van der Waals surface area contributed by atoms with E-state index in [9.17, 15) is 4.79 Å².